The molecule has 3 nitrogen and oxygen atoms in total. The van der Waals surface area contributed by atoms with Crippen molar-refractivity contribution in [2.75, 3.05) is 31.1 Å². The molecule has 1 fully saturated rings. The van der Waals surface area contributed by atoms with Crippen LogP contribution < -0.4 is 10.2 Å². The fourth-order valence-corrected chi connectivity index (χ4v) is 2.76. The van der Waals surface area contributed by atoms with Crippen LogP contribution >= 0.6 is 11.6 Å². The molecule has 0 bridgehead atoms. The predicted molar refractivity (Wildman–Crippen MR) is 73.1 cm³/mol. The highest BCUT2D eigenvalue weighted by Gasteiger charge is 2.17. The smallest absolute Gasteiger partial charge is 0.0655 e. The zero-order valence-electron chi connectivity index (χ0n) is 9.89. The van der Waals surface area contributed by atoms with Gasteiger partial charge in [0.2, 0.25) is 0 Å². The fourth-order valence-electron chi connectivity index (χ4n) is 2.59. The Hall–Kier alpha value is -1.19. The van der Waals surface area contributed by atoms with Crippen molar-refractivity contribution >= 4 is 28.2 Å². The van der Waals surface area contributed by atoms with Crippen LogP contribution in [-0.4, -0.2) is 31.2 Å². The summed E-state index contributed by atoms with van der Waals surface area (Å²) in [5, 5.41) is 5.44. The van der Waals surface area contributed by atoms with E-state index in [2.05, 4.69) is 28.2 Å². The summed E-state index contributed by atoms with van der Waals surface area (Å²) in [4.78, 5) is 5.86. The highest BCUT2D eigenvalue weighted by Crippen LogP contribution is 2.32. The molecule has 0 radical (unpaired) electrons. The van der Waals surface area contributed by atoms with E-state index in [1.54, 1.807) is 0 Å². The first kappa shape index (κ1) is 10.9. The lowest BCUT2D eigenvalue weighted by Gasteiger charge is -2.29. The number of aromatic nitrogens is 1. The number of benzene rings is 1. The summed E-state index contributed by atoms with van der Waals surface area (Å²) < 4.78 is 0. The van der Waals surface area contributed by atoms with Crippen LogP contribution in [0.2, 0.25) is 5.02 Å². The Labute approximate surface area is 106 Å². The van der Waals surface area contributed by atoms with E-state index >= 15 is 0 Å². The number of fused-ring (bicyclic) bond motifs is 1. The van der Waals surface area contributed by atoms with Gasteiger partial charge in [-0.05, 0) is 25.1 Å². The summed E-state index contributed by atoms with van der Waals surface area (Å²) >= 11 is 6.02. The third kappa shape index (κ3) is 1.90. The van der Waals surface area contributed by atoms with E-state index < -0.39 is 0 Å². The van der Waals surface area contributed by atoms with Crippen LogP contribution in [0.4, 0.5) is 5.69 Å². The molecule has 0 saturated carbocycles. The number of H-pyrrole nitrogens is 1. The molecular weight excluding hydrogens is 234 g/mol. The lowest BCUT2D eigenvalue weighted by atomic mass is 10.2. The van der Waals surface area contributed by atoms with Crippen LogP contribution in [0.3, 0.4) is 0 Å². The van der Waals surface area contributed by atoms with Crippen molar-refractivity contribution < 1.29 is 0 Å². The van der Waals surface area contributed by atoms with Gasteiger partial charge in [0.05, 0.1) is 5.69 Å². The molecule has 17 heavy (non-hydrogen) atoms. The Morgan fingerprint density at radius 3 is 2.76 bits per heavy atom. The minimum absolute atomic E-state index is 0.783. The average molecular weight is 250 g/mol. The Bertz CT molecular complexity index is 541. The average Bonchev–Trinajstić information content (AvgIpc) is 2.65. The third-order valence-electron chi connectivity index (χ3n) is 3.35. The molecule has 1 aliphatic heterocycles. The molecule has 0 aliphatic carbocycles. The molecular formula is C13H16ClN3. The Balaban J connectivity index is 2.11. The van der Waals surface area contributed by atoms with Gasteiger partial charge in [-0.25, -0.2) is 0 Å². The molecule has 0 atom stereocenters. The van der Waals surface area contributed by atoms with E-state index in [1.807, 2.05) is 12.1 Å². The summed E-state index contributed by atoms with van der Waals surface area (Å²) in [7, 11) is 0. The first-order valence-corrected chi connectivity index (χ1v) is 6.37. The maximum Gasteiger partial charge on any atom is 0.0655 e. The highest BCUT2D eigenvalue weighted by molar-refractivity contribution is 6.31. The van der Waals surface area contributed by atoms with Gasteiger partial charge in [-0.2, -0.15) is 0 Å². The van der Waals surface area contributed by atoms with Crippen molar-refractivity contribution in [1.29, 1.82) is 0 Å². The van der Waals surface area contributed by atoms with Crippen LogP contribution in [0.1, 0.15) is 5.69 Å². The van der Waals surface area contributed by atoms with Gasteiger partial charge in [-0.1, -0.05) is 11.6 Å². The summed E-state index contributed by atoms with van der Waals surface area (Å²) in [5.41, 5.74) is 3.69. The van der Waals surface area contributed by atoms with Gasteiger partial charge in [-0.15, -0.1) is 0 Å². The van der Waals surface area contributed by atoms with Crippen molar-refractivity contribution in [3.8, 4) is 0 Å². The lowest BCUT2D eigenvalue weighted by molar-refractivity contribution is 0.589. The van der Waals surface area contributed by atoms with Crippen molar-refractivity contribution in [3.63, 3.8) is 0 Å². The second-order valence-corrected chi connectivity index (χ2v) is 4.96. The van der Waals surface area contributed by atoms with Gasteiger partial charge in [0.25, 0.3) is 0 Å². The number of nitrogens with zero attached hydrogens (tertiary/aromatic N) is 1. The van der Waals surface area contributed by atoms with E-state index in [-0.39, 0.29) is 0 Å². The normalized spacial score (nSPS) is 16.7. The zero-order valence-corrected chi connectivity index (χ0v) is 10.6. The van der Waals surface area contributed by atoms with E-state index in [0.717, 1.165) is 36.7 Å². The Morgan fingerprint density at radius 1 is 1.24 bits per heavy atom. The molecule has 0 unspecified atom stereocenters. The van der Waals surface area contributed by atoms with E-state index in [4.69, 9.17) is 11.6 Å². The molecule has 0 spiro atoms. The summed E-state index contributed by atoms with van der Waals surface area (Å²) in [6, 6.07) is 6.07. The van der Waals surface area contributed by atoms with E-state index in [0.29, 0.717) is 0 Å². The molecule has 1 saturated heterocycles. The molecule has 1 aromatic heterocycles. The number of aromatic amines is 1. The van der Waals surface area contributed by atoms with Crippen molar-refractivity contribution in [3.05, 3.63) is 28.9 Å². The number of aryl methyl sites for hydroxylation is 1. The van der Waals surface area contributed by atoms with Gasteiger partial charge >= 0.3 is 0 Å². The number of halogens is 1. The molecule has 1 aliphatic rings. The van der Waals surface area contributed by atoms with Crippen LogP contribution in [0, 0.1) is 6.92 Å². The quantitative estimate of drug-likeness (QED) is 0.814. The van der Waals surface area contributed by atoms with Gasteiger partial charge in [0.1, 0.15) is 0 Å². The monoisotopic (exact) mass is 249 g/mol. The second kappa shape index (κ2) is 4.24. The van der Waals surface area contributed by atoms with Crippen LogP contribution in [0.25, 0.3) is 10.9 Å². The van der Waals surface area contributed by atoms with Gasteiger partial charge in [0.15, 0.2) is 0 Å². The maximum absolute atomic E-state index is 6.02. The van der Waals surface area contributed by atoms with Crippen molar-refractivity contribution in [1.82, 2.24) is 10.3 Å². The Kier molecular flexibility index (Phi) is 2.73. The minimum Gasteiger partial charge on any atom is -0.367 e. The molecule has 3 rings (SSSR count). The van der Waals surface area contributed by atoms with Crippen molar-refractivity contribution in [2.24, 2.45) is 0 Å². The van der Waals surface area contributed by atoms with Gasteiger partial charge in [0, 0.05) is 47.8 Å². The summed E-state index contributed by atoms with van der Waals surface area (Å²) in [6.45, 7) is 6.37. The molecule has 4 heteroatoms. The molecule has 0 amide bonds. The molecule has 2 aromatic rings. The second-order valence-electron chi connectivity index (χ2n) is 4.53. The number of hydrogen-bond acceptors (Lipinski definition) is 2. The molecule has 1 aromatic carbocycles. The van der Waals surface area contributed by atoms with Gasteiger partial charge in [-0.3, -0.25) is 0 Å². The third-order valence-corrected chi connectivity index (χ3v) is 3.58. The standard InChI is InChI=1S/C13H16ClN3/c1-9-13(17-6-4-15-5-7-17)11-3-2-10(14)8-12(11)16-9/h2-3,8,15-16H,4-7H2,1H3. The topological polar surface area (TPSA) is 31.1 Å². The van der Waals surface area contributed by atoms with E-state index in [9.17, 15) is 0 Å². The van der Waals surface area contributed by atoms with Crippen molar-refractivity contribution in [2.45, 2.75) is 6.92 Å². The summed E-state index contributed by atoms with van der Waals surface area (Å²) in [5.74, 6) is 0. The van der Waals surface area contributed by atoms with Crippen LogP contribution in [0.15, 0.2) is 18.2 Å². The first-order chi connectivity index (χ1) is 8.25. The number of nitrogens with one attached hydrogen (secondary N) is 2. The number of rotatable bonds is 1. The maximum atomic E-state index is 6.02. The van der Waals surface area contributed by atoms with Crippen LogP contribution in [0.5, 0.6) is 0 Å². The van der Waals surface area contributed by atoms with Gasteiger partial charge < -0.3 is 15.2 Å². The highest BCUT2D eigenvalue weighted by atomic mass is 35.5. The predicted octanol–water partition coefficient (Wildman–Crippen LogP) is 2.54. The summed E-state index contributed by atoms with van der Waals surface area (Å²) in [6.07, 6.45) is 0. The number of piperazine rings is 1. The number of hydrogen-bond donors (Lipinski definition) is 2. The zero-order chi connectivity index (χ0) is 11.8. The molecule has 90 valence electrons. The van der Waals surface area contributed by atoms with E-state index in [1.165, 1.54) is 16.8 Å². The molecule has 2 heterocycles. The first-order valence-electron chi connectivity index (χ1n) is 5.99. The minimum atomic E-state index is 0.783. The molecule has 2 N–H and O–H groups in total. The fraction of sp³-hybridized carbons (Fsp3) is 0.385. The lowest BCUT2D eigenvalue weighted by Crippen LogP contribution is -2.43. The largest absolute Gasteiger partial charge is 0.367 e. The van der Waals surface area contributed by atoms with Crippen LogP contribution in [-0.2, 0) is 0 Å². The number of anilines is 1. The Morgan fingerprint density at radius 2 is 2.00 bits per heavy atom. The SMILES string of the molecule is Cc1[nH]c2cc(Cl)ccc2c1N1CCNCC1.